The molecule has 0 radical (unpaired) electrons. The lowest BCUT2D eigenvalue weighted by Gasteiger charge is -2.26. The first kappa shape index (κ1) is 20.5. The minimum absolute atomic E-state index is 0.0619. The van der Waals surface area contributed by atoms with Crippen LogP contribution in [-0.2, 0) is 11.2 Å². The van der Waals surface area contributed by atoms with Crippen molar-refractivity contribution in [3.8, 4) is 22.9 Å². The van der Waals surface area contributed by atoms with Gasteiger partial charge in [0.2, 0.25) is 17.6 Å². The van der Waals surface area contributed by atoms with E-state index >= 15 is 0 Å². The van der Waals surface area contributed by atoms with Crippen molar-refractivity contribution in [3.63, 3.8) is 0 Å². The van der Waals surface area contributed by atoms with Crippen molar-refractivity contribution < 1.29 is 23.2 Å². The maximum absolute atomic E-state index is 13.1. The molecule has 5 rings (SSSR count). The molecule has 32 heavy (non-hydrogen) atoms. The molecule has 1 amide bonds. The highest BCUT2D eigenvalue weighted by atomic mass is 19.1. The van der Waals surface area contributed by atoms with Gasteiger partial charge in [-0.05, 0) is 61.2 Å². The lowest BCUT2D eigenvalue weighted by atomic mass is 10.0. The molecule has 2 aliphatic rings. The van der Waals surface area contributed by atoms with Gasteiger partial charge in [-0.1, -0.05) is 11.2 Å². The summed E-state index contributed by atoms with van der Waals surface area (Å²) in [4.78, 5) is 19.3. The Morgan fingerprint density at radius 1 is 1.09 bits per heavy atom. The zero-order valence-corrected chi connectivity index (χ0v) is 17.6. The second kappa shape index (κ2) is 8.98. The molecule has 0 bridgehead atoms. The normalized spacial score (nSPS) is 17.5. The second-order valence-electron chi connectivity index (χ2n) is 8.02. The fraction of sp³-hybridized carbons (Fsp3) is 0.375. The molecular formula is C24H24FN3O4. The maximum atomic E-state index is 13.1. The van der Waals surface area contributed by atoms with Crippen LogP contribution in [0.15, 0.2) is 47.0 Å². The van der Waals surface area contributed by atoms with E-state index in [1.807, 2.05) is 23.1 Å². The summed E-state index contributed by atoms with van der Waals surface area (Å²) in [5.74, 6) is 2.22. The number of likely N-dealkylation sites (tertiary alicyclic amines) is 1. The molecule has 1 saturated heterocycles. The first-order valence-electron chi connectivity index (χ1n) is 10.9. The predicted octanol–water partition coefficient (Wildman–Crippen LogP) is 4.33. The van der Waals surface area contributed by atoms with E-state index in [0.29, 0.717) is 49.8 Å². The van der Waals surface area contributed by atoms with E-state index in [1.54, 1.807) is 12.1 Å². The second-order valence-corrected chi connectivity index (χ2v) is 8.02. The molecule has 7 nitrogen and oxygen atoms in total. The monoisotopic (exact) mass is 437 g/mol. The number of carbonyl (C=O) groups excluding carboxylic acids is 1. The van der Waals surface area contributed by atoms with Crippen LogP contribution >= 0.6 is 0 Å². The van der Waals surface area contributed by atoms with Gasteiger partial charge in [-0.2, -0.15) is 4.98 Å². The average Bonchev–Trinajstić information content (AvgIpc) is 3.49. The van der Waals surface area contributed by atoms with E-state index in [9.17, 15) is 9.18 Å². The number of aryl methyl sites for hydroxylation is 1. The van der Waals surface area contributed by atoms with E-state index in [1.165, 1.54) is 12.1 Å². The summed E-state index contributed by atoms with van der Waals surface area (Å²) >= 11 is 0. The Morgan fingerprint density at radius 3 is 2.75 bits per heavy atom. The number of nitrogens with zero attached hydrogens (tertiary/aromatic N) is 3. The van der Waals surface area contributed by atoms with Gasteiger partial charge in [0.1, 0.15) is 19.0 Å². The Bertz CT molecular complexity index is 1100. The highest BCUT2D eigenvalue weighted by molar-refractivity contribution is 5.77. The Kier molecular flexibility index (Phi) is 5.75. The lowest BCUT2D eigenvalue weighted by Crippen LogP contribution is -2.30. The highest BCUT2D eigenvalue weighted by Gasteiger charge is 2.30. The van der Waals surface area contributed by atoms with Crippen LogP contribution in [0.4, 0.5) is 4.39 Å². The quantitative estimate of drug-likeness (QED) is 0.571. The first-order chi connectivity index (χ1) is 15.7. The number of aromatic nitrogens is 2. The van der Waals surface area contributed by atoms with Gasteiger partial charge < -0.3 is 18.9 Å². The fourth-order valence-corrected chi connectivity index (χ4v) is 4.29. The van der Waals surface area contributed by atoms with E-state index in [4.69, 9.17) is 14.0 Å². The van der Waals surface area contributed by atoms with Crippen molar-refractivity contribution in [2.24, 2.45) is 0 Å². The molecule has 0 saturated carbocycles. The van der Waals surface area contributed by atoms with Gasteiger partial charge in [-0.15, -0.1) is 0 Å². The van der Waals surface area contributed by atoms with Crippen LogP contribution in [-0.4, -0.2) is 40.7 Å². The molecule has 0 aliphatic carbocycles. The number of hydrogen-bond donors (Lipinski definition) is 0. The summed E-state index contributed by atoms with van der Waals surface area (Å²) in [6.07, 6.45) is 3.47. The Balaban J connectivity index is 1.18. The Hall–Kier alpha value is -3.42. The molecular weight excluding hydrogens is 413 g/mol. The van der Waals surface area contributed by atoms with Crippen LogP contribution in [0.25, 0.3) is 11.4 Å². The first-order valence-corrected chi connectivity index (χ1v) is 10.9. The molecule has 0 N–H and O–H groups in total. The summed E-state index contributed by atoms with van der Waals surface area (Å²) in [5.41, 5.74) is 1.78. The van der Waals surface area contributed by atoms with Crippen LogP contribution in [0.1, 0.15) is 43.2 Å². The van der Waals surface area contributed by atoms with Gasteiger partial charge in [0, 0.05) is 24.9 Å². The SMILES string of the molecule is O=C(CCCc1nc(-c2ccc(F)cc2)no1)N1CCC[C@H]1c1ccc2c(c1)OCCO2. The molecule has 1 aromatic heterocycles. The van der Waals surface area contributed by atoms with Gasteiger partial charge in [0.05, 0.1) is 6.04 Å². The molecule has 1 fully saturated rings. The molecule has 3 heterocycles. The maximum Gasteiger partial charge on any atom is 0.226 e. The number of halogens is 1. The van der Waals surface area contributed by atoms with Crippen LogP contribution in [0.3, 0.4) is 0 Å². The van der Waals surface area contributed by atoms with Crippen molar-refractivity contribution in [2.45, 2.75) is 38.1 Å². The number of benzene rings is 2. The highest BCUT2D eigenvalue weighted by Crippen LogP contribution is 2.38. The number of ether oxygens (including phenoxy) is 2. The van der Waals surface area contributed by atoms with Gasteiger partial charge in [-0.3, -0.25) is 4.79 Å². The minimum atomic E-state index is -0.313. The number of amides is 1. The molecule has 2 aromatic carbocycles. The van der Waals surface area contributed by atoms with Gasteiger partial charge in [0.25, 0.3) is 0 Å². The molecule has 166 valence electrons. The standard InChI is InChI=1S/C24H24FN3O4/c25-18-9-6-16(7-10-18)24-26-22(32-27-24)4-1-5-23(29)28-12-2-3-19(28)17-8-11-20-21(15-17)31-14-13-30-20/h6-11,15,19H,1-5,12-14H2/t19-/m0/s1. The number of hydrogen-bond acceptors (Lipinski definition) is 6. The van der Waals surface area contributed by atoms with E-state index in [0.717, 1.165) is 36.4 Å². The lowest BCUT2D eigenvalue weighted by molar-refractivity contribution is -0.132. The van der Waals surface area contributed by atoms with Crippen LogP contribution < -0.4 is 9.47 Å². The zero-order chi connectivity index (χ0) is 21.9. The van der Waals surface area contributed by atoms with E-state index < -0.39 is 0 Å². The number of carbonyl (C=O) groups is 1. The summed E-state index contributed by atoms with van der Waals surface area (Å²) in [5, 5.41) is 3.95. The van der Waals surface area contributed by atoms with Crippen molar-refractivity contribution in [1.82, 2.24) is 15.0 Å². The Morgan fingerprint density at radius 2 is 1.91 bits per heavy atom. The molecule has 3 aromatic rings. The van der Waals surface area contributed by atoms with Gasteiger partial charge >= 0.3 is 0 Å². The topological polar surface area (TPSA) is 77.7 Å². The summed E-state index contributed by atoms with van der Waals surface area (Å²) in [7, 11) is 0. The third-order valence-corrected chi connectivity index (χ3v) is 5.88. The van der Waals surface area contributed by atoms with Crippen molar-refractivity contribution in [2.75, 3.05) is 19.8 Å². The van der Waals surface area contributed by atoms with E-state index in [-0.39, 0.29) is 17.8 Å². The van der Waals surface area contributed by atoms with Crippen molar-refractivity contribution in [1.29, 1.82) is 0 Å². The van der Waals surface area contributed by atoms with Crippen LogP contribution in [0, 0.1) is 5.82 Å². The third-order valence-electron chi connectivity index (χ3n) is 5.88. The van der Waals surface area contributed by atoms with Gasteiger partial charge in [0.15, 0.2) is 11.5 Å². The largest absolute Gasteiger partial charge is 0.486 e. The summed E-state index contributed by atoms with van der Waals surface area (Å²) < 4.78 is 29.7. The van der Waals surface area contributed by atoms with Gasteiger partial charge in [-0.25, -0.2) is 4.39 Å². The van der Waals surface area contributed by atoms with Crippen molar-refractivity contribution in [3.05, 3.63) is 59.7 Å². The third kappa shape index (κ3) is 4.30. The Labute approximate surface area is 185 Å². The molecule has 1 atom stereocenters. The molecule has 0 unspecified atom stereocenters. The van der Waals surface area contributed by atoms with Crippen LogP contribution in [0.2, 0.25) is 0 Å². The molecule has 8 heteroatoms. The van der Waals surface area contributed by atoms with Crippen molar-refractivity contribution >= 4 is 5.91 Å². The number of fused-ring (bicyclic) bond motifs is 1. The summed E-state index contributed by atoms with van der Waals surface area (Å²) in [6.45, 7) is 1.86. The zero-order valence-electron chi connectivity index (χ0n) is 17.6. The molecule has 2 aliphatic heterocycles. The van der Waals surface area contributed by atoms with Crippen LogP contribution in [0.5, 0.6) is 11.5 Å². The average molecular weight is 437 g/mol. The fourth-order valence-electron chi connectivity index (χ4n) is 4.29. The van der Waals surface area contributed by atoms with E-state index in [2.05, 4.69) is 10.1 Å². The summed E-state index contributed by atoms with van der Waals surface area (Å²) in [6, 6.07) is 12.0. The smallest absolute Gasteiger partial charge is 0.226 e. The minimum Gasteiger partial charge on any atom is -0.486 e. The number of rotatable bonds is 6. The molecule has 0 spiro atoms. The predicted molar refractivity (Wildman–Crippen MR) is 114 cm³/mol.